The molecule has 23 heavy (non-hydrogen) atoms. The molecule has 0 radical (unpaired) electrons. The molecular weight excluding hydrogens is 308 g/mol. The minimum absolute atomic E-state index is 0. The summed E-state index contributed by atoms with van der Waals surface area (Å²) in [6, 6.07) is 17.7. The van der Waals surface area contributed by atoms with Crippen molar-refractivity contribution in [3.05, 3.63) is 65.7 Å². The van der Waals surface area contributed by atoms with Crippen molar-refractivity contribution < 1.29 is 4.84 Å². The topological polar surface area (TPSA) is 47.6 Å². The lowest BCUT2D eigenvalue weighted by Gasteiger charge is -2.04. The van der Waals surface area contributed by atoms with Gasteiger partial charge < -0.3 is 10.6 Å². The fourth-order valence-corrected chi connectivity index (χ4v) is 2.24. The van der Waals surface area contributed by atoms with Gasteiger partial charge in [0.1, 0.15) is 0 Å². The number of rotatable bonds is 8. The highest BCUT2D eigenvalue weighted by atomic mass is 35.5. The van der Waals surface area contributed by atoms with Crippen molar-refractivity contribution in [1.82, 2.24) is 0 Å². The molecule has 3 nitrogen and oxygen atoms in total. The fraction of sp³-hybridized carbons (Fsp3) is 0.316. The van der Waals surface area contributed by atoms with E-state index in [0.717, 1.165) is 12.0 Å². The van der Waals surface area contributed by atoms with Crippen LogP contribution in [-0.4, -0.2) is 5.84 Å². The Balaban J connectivity index is 0.00000264. The Morgan fingerprint density at radius 3 is 2.30 bits per heavy atom. The van der Waals surface area contributed by atoms with Crippen molar-refractivity contribution in [2.24, 2.45) is 10.9 Å². The predicted molar refractivity (Wildman–Crippen MR) is 99.3 cm³/mol. The van der Waals surface area contributed by atoms with Crippen molar-refractivity contribution in [3.8, 4) is 5.75 Å². The average molecular weight is 333 g/mol. The number of hydrogen-bond donors (Lipinski definition) is 1. The van der Waals surface area contributed by atoms with Gasteiger partial charge in [0.2, 0.25) is 0 Å². The molecule has 2 N–H and O–H groups in total. The van der Waals surface area contributed by atoms with E-state index in [0.29, 0.717) is 11.6 Å². The lowest BCUT2D eigenvalue weighted by atomic mass is 10.1. The van der Waals surface area contributed by atoms with E-state index < -0.39 is 0 Å². The van der Waals surface area contributed by atoms with Crippen LogP contribution < -0.4 is 10.6 Å². The molecule has 0 heterocycles. The first-order valence-electron chi connectivity index (χ1n) is 7.94. The van der Waals surface area contributed by atoms with E-state index >= 15 is 0 Å². The van der Waals surface area contributed by atoms with Gasteiger partial charge in [-0.3, -0.25) is 0 Å². The van der Waals surface area contributed by atoms with Crippen LogP contribution in [0, 0.1) is 0 Å². The highest BCUT2D eigenvalue weighted by Crippen LogP contribution is 2.15. The van der Waals surface area contributed by atoms with Crippen molar-refractivity contribution in [1.29, 1.82) is 0 Å². The van der Waals surface area contributed by atoms with Crippen LogP contribution in [-0.2, 0) is 6.42 Å². The first kappa shape index (κ1) is 19.0. The van der Waals surface area contributed by atoms with Crippen molar-refractivity contribution in [3.63, 3.8) is 0 Å². The SMILES string of the molecule is CCCCCCc1ccc(O/N=C(\N)c2ccccc2)cc1.Cl. The Labute approximate surface area is 144 Å². The molecule has 0 unspecified atom stereocenters. The lowest BCUT2D eigenvalue weighted by molar-refractivity contribution is 0.341. The molecular formula is C19H25ClN2O. The van der Waals surface area contributed by atoms with Crippen LogP contribution in [0.4, 0.5) is 0 Å². The Bertz CT molecular complexity index is 582. The molecule has 0 atom stereocenters. The molecule has 2 aromatic rings. The highest BCUT2D eigenvalue weighted by molar-refractivity contribution is 5.97. The second kappa shape index (κ2) is 10.7. The maximum atomic E-state index is 5.89. The Hall–Kier alpha value is -2.00. The summed E-state index contributed by atoms with van der Waals surface area (Å²) in [5.41, 5.74) is 8.08. The number of oxime groups is 1. The summed E-state index contributed by atoms with van der Waals surface area (Å²) in [7, 11) is 0. The first-order valence-corrected chi connectivity index (χ1v) is 7.94. The van der Waals surface area contributed by atoms with Crippen molar-refractivity contribution in [2.75, 3.05) is 0 Å². The fourth-order valence-electron chi connectivity index (χ4n) is 2.24. The number of unbranched alkanes of at least 4 members (excludes halogenated alkanes) is 3. The molecule has 124 valence electrons. The first-order chi connectivity index (χ1) is 10.8. The van der Waals surface area contributed by atoms with E-state index in [1.807, 2.05) is 42.5 Å². The Morgan fingerprint density at radius 1 is 0.957 bits per heavy atom. The monoisotopic (exact) mass is 332 g/mol. The molecule has 2 aromatic carbocycles. The van der Waals surface area contributed by atoms with E-state index in [1.165, 1.54) is 31.2 Å². The Kier molecular flexibility index (Phi) is 8.85. The van der Waals surface area contributed by atoms with E-state index in [2.05, 4.69) is 24.2 Å². The number of aryl methyl sites for hydroxylation is 1. The summed E-state index contributed by atoms with van der Waals surface area (Å²) >= 11 is 0. The van der Waals surface area contributed by atoms with Crippen LogP contribution in [0.5, 0.6) is 5.75 Å². The third kappa shape index (κ3) is 6.74. The minimum Gasteiger partial charge on any atom is -0.380 e. The zero-order chi connectivity index (χ0) is 15.6. The number of nitrogens with zero attached hydrogens (tertiary/aromatic N) is 1. The third-order valence-electron chi connectivity index (χ3n) is 3.56. The van der Waals surface area contributed by atoms with Gasteiger partial charge in [-0.25, -0.2) is 0 Å². The lowest BCUT2D eigenvalue weighted by Crippen LogP contribution is -2.14. The number of benzene rings is 2. The maximum absolute atomic E-state index is 5.89. The molecule has 0 saturated carbocycles. The number of nitrogens with two attached hydrogens (primary N) is 1. The molecule has 0 aliphatic heterocycles. The van der Waals surface area contributed by atoms with Crippen LogP contribution in [0.2, 0.25) is 0 Å². The highest BCUT2D eigenvalue weighted by Gasteiger charge is 1.99. The van der Waals surface area contributed by atoms with Crippen LogP contribution in [0.1, 0.15) is 43.7 Å². The summed E-state index contributed by atoms with van der Waals surface area (Å²) in [5.74, 6) is 1.08. The molecule has 0 amide bonds. The van der Waals surface area contributed by atoms with E-state index in [1.54, 1.807) is 0 Å². The maximum Gasteiger partial charge on any atom is 0.170 e. The summed E-state index contributed by atoms with van der Waals surface area (Å²) in [5, 5.41) is 3.98. The third-order valence-corrected chi connectivity index (χ3v) is 3.56. The average Bonchev–Trinajstić information content (AvgIpc) is 2.58. The van der Waals surface area contributed by atoms with Crippen molar-refractivity contribution in [2.45, 2.75) is 39.0 Å². The zero-order valence-corrected chi connectivity index (χ0v) is 14.4. The summed E-state index contributed by atoms with van der Waals surface area (Å²) in [4.78, 5) is 5.38. The Morgan fingerprint density at radius 2 is 1.65 bits per heavy atom. The van der Waals surface area contributed by atoms with Gasteiger partial charge in [-0.2, -0.15) is 0 Å². The molecule has 4 heteroatoms. The van der Waals surface area contributed by atoms with Gasteiger partial charge in [-0.05, 0) is 30.5 Å². The van der Waals surface area contributed by atoms with Gasteiger partial charge >= 0.3 is 0 Å². The van der Waals surface area contributed by atoms with Gasteiger partial charge in [-0.15, -0.1) is 12.4 Å². The number of hydrogen-bond acceptors (Lipinski definition) is 2. The zero-order valence-electron chi connectivity index (χ0n) is 13.6. The van der Waals surface area contributed by atoms with Crippen LogP contribution >= 0.6 is 12.4 Å². The van der Waals surface area contributed by atoms with Gasteiger partial charge in [0, 0.05) is 5.56 Å². The molecule has 0 saturated heterocycles. The van der Waals surface area contributed by atoms with Gasteiger partial charge in [0.15, 0.2) is 11.6 Å². The van der Waals surface area contributed by atoms with Crippen LogP contribution in [0.25, 0.3) is 0 Å². The van der Waals surface area contributed by atoms with E-state index in [-0.39, 0.29) is 12.4 Å². The number of amidine groups is 1. The largest absolute Gasteiger partial charge is 0.380 e. The van der Waals surface area contributed by atoms with Gasteiger partial charge in [0.25, 0.3) is 0 Å². The molecule has 0 fully saturated rings. The summed E-state index contributed by atoms with van der Waals surface area (Å²) in [6.45, 7) is 2.23. The standard InChI is InChI=1S/C19H24N2O.ClH/c1-2-3-4-6-9-16-12-14-18(15-13-16)22-21-19(20)17-10-7-5-8-11-17;/h5,7-8,10-15H,2-4,6,9H2,1H3,(H2,20,21);1H. The minimum atomic E-state index is 0. The summed E-state index contributed by atoms with van der Waals surface area (Å²) in [6.07, 6.45) is 6.25. The normalized spacial score (nSPS) is 10.9. The predicted octanol–water partition coefficient (Wildman–Crippen LogP) is 4.93. The van der Waals surface area contributed by atoms with E-state index in [9.17, 15) is 0 Å². The van der Waals surface area contributed by atoms with Crippen molar-refractivity contribution >= 4 is 18.2 Å². The molecule has 0 aromatic heterocycles. The molecule has 2 rings (SSSR count). The second-order valence-electron chi connectivity index (χ2n) is 5.39. The molecule has 0 spiro atoms. The van der Waals surface area contributed by atoms with Gasteiger partial charge in [0.05, 0.1) is 0 Å². The van der Waals surface area contributed by atoms with Crippen LogP contribution in [0.3, 0.4) is 0 Å². The number of halogens is 1. The van der Waals surface area contributed by atoms with Gasteiger partial charge in [-0.1, -0.05) is 73.8 Å². The van der Waals surface area contributed by atoms with Crippen LogP contribution in [0.15, 0.2) is 59.8 Å². The van der Waals surface area contributed by atoms with E-state index in [4.69, 9.17) is 10.6 Å². The summed E-state index contributed by atoms with van der Waals surface area (Å²) < 4.78 is 0. The molecule has 0 aliphatic rings. The molecule has 0 bridgehead atoms. The molecule has 0 aliphatic carbocycles. The quantitative estimate of drug-likeness (QED) is 0.322. The second-order valence-corrected chi connectivity index (χ2v) is 5.39. The smallest absolute Gasteiger partial charge is 0.170 e.